The molecular formula is C13H16N2OS. The first-order valence-corrected chi connectivity index (χ1v) is 6.84. The van der Waals surface area contributed by atoms with Gasteiger partial charge in [-0.15, -0.1) is 11.8 Å². The first-order valence-electron chi connectivity index (χ1n) is 5.85. The van der Waals surface area contributed by atoms with Crippen LogP contribution in [0.4, 0.5) is 0 Å². The lowest BCUT2D eigenvalue weighted by atomic mass is 10.1. The second kappa shape index (κ2) is 6.45. The maximum absolute atomic E-state index is 4.69. The van der Waals surface area contributed by atoms with Crippen molar-refractivity contribution >= 4 is 11.8 Å². The molecule has 17 heavy (non-hydrogen) atoms. The van der Waals surface area contributed by atoms with E-state index in [2.05, 4.69) is 41.3 Å². The van der Waals surface area contributed by atoms with Crippen LogP contribution in [0.2, 0.25) is 0 Å². The van der Waals surface area contributed by atoms with Crippen LogP contribution in [-0.2, 0) is 12.2 Å². The van der Waals surface area contributed by atoms with Crippen LogP contribution >= 0.6 is 11.8 Å². The van der Waals surface area contributed by atoms with Gasteiger partial charge in [0.1, 0.15) is 0 Å². The molecule has 0 N–H and O–H groups in total. The van der Waals surface area contributed by atoms with Crippen LogP contribution in [0, 0.1) is 0 Å². The molecule has 90 valence electrons. The Balaban J connectivity index is 1.85. The summed E-state index contributed by atoms with van der Waals surface area (Å²) in [6.45, 7) is 2.22. The fraction of sp³-hybridized carbons (Fsp3) is 0.385. The Labute approximate surface area is 106 Å². The normalized spacial score (nSPS) is 10.6. The summed E-state index contributed by atoms with van der Waals surface area (Å²) in [5.41, 5.74) is 1.41. The van der Waals surface area contributed by atoms with E-state index in [1.165, 1.54) is 36.1 Å². The summed E-state index contributed by atoms with van der Waals surface area (Å²) in [7, 11) is 0. The van der Waals surface area contributed by atoms with Gasteiger partial charge in [0.2, 0.25) is 6.39 Å². The molecule has 2 aromatic rings. The molecule has 1 aromatic carbocycles. The highest BCUT2D eigenvalue weighted by Crippen LogP contribution is 2.21. The highest BCUT2D eigenvalue weighted by Gasteiger charge is 2.00. The molecule has 4 heteroatoms. The van der Waals surface area contributed by atoms with Crippen molar-refractivity contribution in [2.75, 3.05) is 0 Å². The molecule has 0 aliphatic heterocycles. The average molecular weight is 248 g/mol. The molecule has 0 spiro atoms. The van der Waals surface area contributed by atoms with E-state index in [1.54, 1.807) is 11.8 Å². The maximum atomic E-state index is 4.69. The second-order valence-electron chi connectivity index (χ2n) is 3.88. The quantitative estimate of drug-likeness (QED) is 0.731. The van der Waals surface area contributed by atoms with E-state index in [4.69, 9.17) is 4.52 Å². The van der Waals surface area contributed by atoms with Crippen LogP contribution in [-0.4, -0.2) is 10.1 Å². The Morgan fingerprint density at radius 3 is 2.71 bits per heavy atom. The lowest BCUT2D eigenvalue weighted by molar-refractivity contribution is 0.412. The summed E-state index contributed by atoms with van der Waals surface area (Å²) in [5, 5.41) is 3.78. The molecule has 0 atom stereocenters. The number of hydrogen-bond acceptors (Lipinski definition) is 4. The largest absolute Gasteiger partial charge is 0.343 e. The Hall–Kier alpha value is -1.29. The van der Waals surface area contributed by atoms with Gasteiger partial charge in [-0.2, -0.15) is 4.98 Å². The van der Waals surface area contributed by atoms with Crippen LogP contribution < -0.4 is 0 Å². The lowest BCUT2D eigenvalue weighted by Crippen LogP contribution is -1.85. The third kappa shape index (κ3) is 3.89. The summed E-state index contributed by atoms with van der Waals surface area (Å²) < 4.78 is 4.69. The van der Waals surface area contributed by atoms with Gasteiger partial charge in [-0.05, 0) is 30.5 Å². The molecular weight excluding hydrogens is 232 g/mol. The fourth-order valence-electron chi connectivity index (χ4n) is 1.54. The smallest absolute Gasteiger partial charge is 0.213 e. The van der Waals surface area contributed by atoms with E-state index in [0.29, 0.717) is 0 Å². The minimum absolute atomic E-state index is 0.741. The van der Waals surface area contributed by atoms with E-state index >= 15 is 0 Å². The molecule has 0 fully saturated rings. The van der Waals surface area contributed by atoms with Gasteiger partial charge in [-0.25, -0.2) is 0 Å². The first-order chi connectivity index (χ1) is 8.38. The summed E-state index contributed by atoms with van der Waals surface area (Å²) >= 11 is 1.73. The van der Waals surface area contributed by atoms with Crippen molar-refractivity contribution in [2.24, 2.45) is 0 Å². The second-order valence-corrected chi connectivity index (χ2v) is 4.93. The highest BCUT2D eigenvalue weighted by molar-refractivity contribution is 7.98. The molecule has 0 aliphatic rings. The number of thioether (sulfide) groups is 1. The molecule has 0 saturated heterocycles. The molecule has 1 heterocycles. The Kier molecular flexibility index (Phi) is 4.62. The van der Waals surface area contributed by atoms with E-state index in [1.807, 2.05) is 0 Å². The van der Waals surface area contributed by atoms with E-state index in [9.17, 15) is 0 Å². The predicted octanol–water partition coefficient (Wildman–Crippen LogP) is 3.70. The predicted molar refractivity (Wildman–Crippen MR) is 68.9 cm³/mol. The molecule has 2 rings (SSSR count). The third-order valence-electron chi connectivity index (χ3n) is 2.52. The minimum Gasteiger partial charge on any atom is -0.343 e. The van der Waals surface area contributed by atoms with E-state index in [-0.39, 0.29) is 0 Å². The highest BCUT2D eigenvalue weighted by atomic mass is 32.2. The average Bonchev–Trinajstić information content (AvgIpc) is 2.88. The lowest BCUT2D eigenvalue weighted by Gasteiger charge is -2.02. The van der Waals surface area contributed by atoms with Gasteiger partial charge in [0.05, 0.1) is 5.75 Å². The summed E-state index contributed by atoms with van der Waals surface area (Å²) in [6.07, 6.45) is 5.04. The standard InChI is InChI=1S/C13H16N2OS/c1-2-3-4-11-5-7-12(8-6-11)17-9-13-14-10-16-15-13/h5-8,10H,2-4,9H2,1H3. The fourth-order valence-corrected chi connectivity index (χ4v) is 2.29. The molecule has 0 amide bonds. The van der Waals surface area contributed by atoms with Crippen LogP contribution in [0.15, 0.2) is 40.1 Å². The molecule has 0 aliphatic carbocycles. The number of aromatic nitrogens is 2. The zero-order chi connectivity index (χ0) is 11.9. The van der Waals surface area contributed by atoms with Gasteiger partial charge < -0.3 is 4.52 Å². The number of rotatable bonds is 6. The molecule has 0 radical (unpaired) electrons. The maximum Gasteiger partial charge on any atom is 0.213 e. The van der Waals surface area contributed by atoms with Crippen LogP contribution in [0.5, 0.6) is 0 Å². The number of unbranched alkanes of at least 4 members (excludes halogenated alkanes) is 1. The number of hydrogen-bond donors (Lipinski definition) is 0. The zero-order valence-electron chi connectivity index (χ0n) is 9.93. The summed E-state index contributed by atoms with van der Waals surface area (Å²) in [6, 6.07) is 8.73. The molecule has 0 unspecified atom stereocenters. The Morgan fingerprint density at radius 1 is 1.24 bits per heavy atom. The summed E-state index contributed by atoms with van der Waals surface area (Å²) in [5.74, 6) is 1.50. The number of benzene rings is 1. The van der Waals surface area contributed by atoms with Crippen LogP contribution in [0.25, 0.3) is 0 Å². The number of aryl methyl sites for hydroxylation is 1. The number of nitrogens with zero attached hydrogens (tertiary/aromatic N) is 2. The van der Waals surface area contributed by atoms with E-state index in [0.717, 1.165) is 11.6 Å². The molecule has 3 nitrogen and oxygen atoms in total. The molecule has 0 bridgehead atoms. The zero-order valence-corrected chi connectivity index (χ0v) is 10.7. The van der Waals surface area contributed by atoms with Crippen LogP contribution in [0.3, 0.4) is 0 Å². The minimum atomic E-state index is 0.741. The van der Waals surface area contributed by atoms with Gasteiger partial charge >= 0.3 is 0 Å². The van der Waals surface area contributed by atoms with Crippen LogP contribution in [0.1, 0.15) is 31.2 Å². The molecule has 0 saturated carbocycles. The SMILES string of the molecule is CCCCc1ccc(SCc2ncon2)cc1. The van der Waals surface area contributed by atoms with Crippen molar-refractivity contribution in [3.8, 4) is 0 Å². The van der Waals surface area contributed by atoms with Gasteiger partial charge in [-0.1, -0.05) is 30.6 Å². The van der Waals surface area contributed by atoms with E-state index < -0.39 is 0 Å². The van der Waals surface area contributed by atoms with Gasteiger partial charge in [0.25, 0.3) is 0 Å². The summed E-state index contributed by atoms with van der Waals surface area (Å²) in [4.78, 5) is 5.24. The first kappa shape index (κ1) is 12.2. The third-order valence-corrected chi connectivity index (χ3v) is 3.53. The van der Waals surface area contributed by atoms with Crippen molar-refractivity contribution in [2.45, 2.75) is 36.8 Å². The Bertz CT molecular complexity index is 425. The van der Waals surface area contributed by atoms with Crippen molar-refractivity contribution in [1.82, 2.24) is 10.1 Å². The van der Waals surface area contributed by atoms with Gasteiger partial charge in [0.15, 0.2) is 5.82 Å². The van der Waals surface area contributed by atoms with Crippen molar-refractivity contribution in [3.05, 3.63) is 42.0 Å². The van der Waals surface area contributed by atoms with Crippen molar-refractivity contribution in [3.63, 3.8) is 0 Å². The van der Waals surface area contributed by atoms with Gasteiger partial charge in [-0.3, -0.25) is 0 Å². The van der Waals surface area contributed by atoms with Crippen molar-refractivity contribution in [1.29, 1.82) is 0 Å². The molecule has 1 aromatic heterocycles. The Morgan fingerprint density at radius 2 is 2.06 bits per heavy atom. The monoisotopic (exact) mass is 248 g/mol. The van der Waals surface area contributed by atoms with Crippen molar-refractivity contribution < 1.29 is 4.52 Å². The topological polar surface area (TPSA) is 38.9 Å². The van der Waals surface area contributed by atoms with Gasteiger partial charge in [0, 0.05) is 4.90 Å².